The first-order valence-electron chi connectivity index (χ1n) is 12.9. The number of hydrogen-bond acceptors (Lipinski definition) is 8. The summed E-state index contributed by atoms with van der Waals surface area (Å²) in [7, 11) is 3.07. The summed E-state index contributed by atoms with van der Waals surface area (Å²) in [6.07, 6.45) is 1.52. The van der Waals surface area contributed by atoms with Gasteiger partial charge in [0.25, 0.3) is 11.7 Å². The predicted octanol–water partition coefficient (Wildman–Crippen LogP) is 2.95. The van der Waals surface area contributed by atoms with Gasteiger partial charge in [0.2, 0.25) is 0 Å². The molecule has 2 aliphatic rings. The van der Waals surface area contributed by atoms with Crippen LogP contribution in [-0.2, 0) is 14.3 Å². The van der Waals surface area contributed by atoms with E-state index < -0.39 is 17.7 Å². The molecule has 0 bridgehead atoms. The van der Waals surface area contributed by atoms with E-state index in [4.69, 9.17) is 14.2 Å². The van der Waals surface area contributed by atoms with Crippen molar-refractivity contribution in [3.63, 3.8) is 0 Å². The highest BCUT2D eigenvalue weighted by atomic mass is 16.5. The normalized spacial score (nSPS) is 19.5. The van der Waals surface area contributed by atoms with Gasteiger partial charge in [-0.25, -0.2) is 4.68 Å². The van der Waals surface area contributed by atoms with Crippen LogP contribution in [0.15, 0.2) is 60.3 Å². The number of methoxy groups -OCH3 is 2. The number of rotatable bonds is 8. The Labute approximate surface area is 227 Å². The van der Waals surface area contributed by atoms with E-state index in [0.717, 1.165) is 18.8 Å². The Balaban J connectivity index is 1.60. The predicted molar refractivity (Wildman–Crippen MR) is 144 cm³/mol. The fourth-order valence-electron chi connectivity index (χ4n) is 5.17. The van der Waals surface area contributed by atoms with E-state index in [9.17, 15) is 14.7 Å². The van der Waals surface area contributed by atoms with Gasteiger partial charge in [-0.1, -0.05) is 18.2 Å². The van der Waals surface area contributed by atoms with E-state index in [2.05, 4.69) is 10.00 Å². The van der Waals surface area contributed by atoms with E-state index in [0.29, 0.717) is 54.6 Å². The molecule has 0 saturated carbocycles. The number of para-hydroxylation sites is 1. The largest absolute Gasteiger partial charge is 0.507 e. The lowest BCUT2D eigenvalue weighted by molar-refractivity contribution is -0.140. The number of benzene rings is 2. The summed E-state index contributed by atoms with van der Waals surface area (Å²) in [4.78, 5) is 30.7. The first-order valence-corrected chi connectivity index (χ1v) is 12.9. The molecule has 2 aliphatic heterocycles. The number of aromatic nitrogens is 2. The lowest BCUT2D eigenvalue weighted by Crippen LogP contribution is -2.42. The average molecular weight is 533 g/mol. The van der Waals surface area contributed by atoms with Crippen molar-refractivity contribution in [3.05, 3.63) is 77.1 Å². The van der Waals surface area contributed by atoms with Crippen molar-refractivity contribution in [1.29, 1.82) is 0 Å². The summed E-state index contributed by atoms with van der Waals surface area (Å²) in [5, 5.41) is 16.1. The SMILES string of the molecule is COc1ccc(C2/C(=C(\O)c3cnn(-c4ccccc4)c3C)C(=O)C(=O)N2CCN2CCOCC2)c(OC)c1. The van der Waals surface area contributed by atoms with Crippen LogP contribution in [-0.4, -0.2) is 90.0 Å². The molecule has 2 saturated heterocycles. The molecule has 1 amide bonds. The minimum absolute atomic E-state index is 0.00107. The lowest BCUT2D eigenvalue weighted by Gasteiger charge is -2.31. The maximum absolute atomic E-state index is 13.5. The van der Waals surface area contributed by atoms with E-state index in [1.54, 1.807) is 30.0 Å². The number of Topliss-reactive ketones (excluding diaryl/α,β-unsaturated/α-hetero) is 1. The van der Waals surface area contributed by atoms with Gasteiger partial charge in [-0.3, -0.25) is 14.5 Å². The summed E-state index contributed by atoms with van der Waals surface area (Å²) in [6.45, 7) is 5.42. The Morgan fingerprint density at radius 2 is 1.79 bits per heavy atom. The van der Waals surface area contributed by atoms with Crippen molar-refractivity contribution in [2.45, 2.75) is 13.0 Å². The highest BCUT2D eigenvalue weighted by Gasteiger charge is 2.47. The fourth-order valence-corrected chi connectivity index (χ4v) is 5.17. The quantitative estimate of drug-likeness (QED) is 0.268. The molecule has 3 aromatic rings. The minimum atomic E-state index is -0.855. The molecular formula is C29H32N4O6. The molecule has 2 fully saturated rings. The number of morpholine rings is 1. The number of carbonyl (C=O) groups is 2. The maximum atomic E-state index is 13.5. The van der Waals surface area contributed by atoms with Crippen LogP contribution in [0.1, 0.15) is 22.9 Å². The fraction of sp³-hybridized carbons (Fsp3) is 0.345. The third-order valence-corrected chi connectivity index (χ3v) is 7.30. The number of aliphatic hydroxyl groups excluding tert-OH is 1. The monoisotopic (exact) mass is 532 g/mol. The molecule has 10 nitrogen and oxygen atoms in total. The van der Waals surface area contributed by atoms with Gasteiger partial charge in [0.1, 0.15) is 17.3 Å². The zero-order valence-electron chi connectivity index (χ0n) is 22.3. The highest BCUT2D eigenvalue weighted by Crippen LogP contribution is 2.44. The molecule has 1 unspecified atom stereocenters. The number of ketones is 1. The number of hydrogen-bond donors (Lipinski definition) is 1. The Kier molecular flexibility index (Phi) is 7.67. The first kappa shape index (κ1) is 26.5. The second-order valence-electron chi connectivity index (χ2n) is 9.45. The van der Waals surface area contributed by atoms with Crippen molar-refractivity contribution < 1.29 is 28.9 Å². The zero-order chi connectivity index (χ0) is 27.5. The summed E-state index contributed by atoms with van der Waals surface area (Å²) >= 11 is 0. The first-order chi connectivity index (χ1) is 18.9. The molecule has 0 spiro atoms. The standard InChI is InChI=1S/C29H32N4O6/c1-19-23(18-30-33(19)20-7-5-4-6-8-20)27(34)25-26(22-10-9-21(37-2)17-24(22)38-3)32(29(36)28(25)35)12-11-31-13-15-39-16-14-31/h4-10,17-18,26,34H,11-16H2,1-3H3/b27-25+. The Bertz CT molecular complexity index is 1390. The van der Waals surface area contributed by atoms with Crippen molar-refractivity contribution >= 4 is 17.4 Å². The lowest BCUT2D eigenvalue weighted by atomic mass is 9.94. The summed E-state index contributed by atoms with van der Waals surface area (Å²) in [5.74, 6) is -0.671. The van der Waals surface area contributed by atoms with Crippen molar-refractivity contribution in [1.82, 2.24) is 19.6 Å². The van der Waals surface area contributed by atoms with Gasteiger partial charge in [-0.2, -0.15) is 5.10 Å². The summed E-state index contributed by atoms with van der Waals surface area (Å²) in [6, 6.07) is 13.9. The molecule has 3 heterocycles. The number of amides is 1. The molecule has 0 aliphatic carbocycles. The molecule has 1 aromatic heterocycles. The van der Waals surface area contributed by atoms with Gasteiger partial charge < -0.3 is 24.2 Å². The number of carbonyl (C=O) groups excluding carboxylic acids is 2. The van der Waals surface area contributed by atoms with Crippen LogP contribution in [0.2, 0.25) is 0 Å². The maximum Gasteiger partial charge on any atom is 0.295 e. The van der Waals surface area contributed by atoms with Crippen LogP contribution in [0.3, 0.4) is 0 Å². The Morgan fingerprint density at radius 1 is 1.05 bits per heavy atom. The molecule has 204 valence electrons. The topological polar surface area (TPSA) is 106 Å². The van der Waals surface area contributed by atoms with Gasteiger partial charge >= 0.3 is 0 Å². The van der Waals surface area contributed by atoms with E-state index in [-0.39, 0.29) is 11.3 Å². The molecule has 0 radical (unpaired) electrons. The van der Waals surface area contributed by atoms with Crippen molar-refractivity contribution in [2.24, 2.45) is 0 Å². The number of likely N-dealkylation sites (tertiary alicyclic amines) is 1. The molecule has 2 aromatic carbocycles. The Hall–Kier alpha value is -4.15. The third kappa shape index (κ3) is 5.00. The summed E-state index contributed by atoms with van der Waals surface area (Å²) < 4.78 is 18.1. The van der Waals surface area contributed by atoms with Crippen LogP contribution in [0.25, 0.3) is 11.4 Å². The van der Waals surface area contributed by atoms with Crippen molar-refractivity contribution in [2.75, 3.05) is 53.6 Å². The van der Waals surface area contributed by atoms with Gasteiger partial charge in [0.15, 0.2) is 0 Å². The molecule has 10 heteroatoms. The zero-order valence-corrected chi connectivity index (χ0v) is 22.3. The number of nitrogens with zero attached hydrogens (tertiary/aromatic N) is 4. The van der Waals surface area contributed by atoms with E-state index in [1.807, 2.05) is 37.3 Å². The summed E-state index contributed by atoms with van der Waals surface area (Å²) in [5.41, 5.74) is 2.41. The van der Waals surface area contributed by atoms with Gasteiger partial charge in [0.05, 0.1) is 62.2 Å². The second-order valence-corrected chi connectivity index (χ2v) is 9.45. The van der Waals surface area contributed by atoms with Crippen LogP contribution in [0.5, 0.6) is 11.5 Å². The van der Waals surface area contributed by atoms with Crippen LogP contribution >= 0.6 is 0 Å². The molecule has 1 atom stereocenters. The van der Waals surface area contributed by atoms with E-state index in [1.165, 1.54) is 18.2 Å². The minimum Gasteiger partial charge on any atom is -0.507 e. The second kappa shape index (κ2) is 11.3. The molecule has 39 heavy (non-hydrogen) atoms. The number of aliphatic hydroxyl groups is 1. The molecule has 1 N–H and O–H groups in total. The van der Waals surface area contributed by atoms with Crippen LogP contribution in [0.4, 0.5) is 0 Å². The smallest absolute Gasteiger partial charge is 0.295 e. The van der Waals surface area contributed by atoms with Crippen LogP contribution in [0, 0.1) is 6.92 Å². The van der Waals surface area contributed by atoms with Crippen molar-refractivity contribution in [3.8, 4) is 17.2 Å². The average Bonchev–Trinajstić information content (AvgIpc) is 3.48. The Morgan fingerprint density at radius 3 is 2.49 bits per heavy atom. The van der Waals surface area contributed by atoms with Gasteiger partial charge in [-0.05, 0) is 31.2 Å². The molecule has 5 rings (SSSR count). The number of ether oxygens (including phenoxy) is 3. The highest BCUT2D eigenvalue weighted by molar-refractivity contribution is 6.46. The van der Waals surface area contributed by atoms with Gasteiger partial charge in [-0.15, -0.1) is 0 Å². The molecular weight excluding hydrogens is 500 g/mol. The third-order valence-electron chi connectivity index (χ3n) is 7.30. The van der Waals surface area contributed by atoms with Crippen LogP contribution < -0.4 is 9.47 Å². The van der Waals surface area contributed by atoms with E-state index >= 15 is 0 Å². The van der Waals surface area contributed by atoms with Gasteiger partial charge in [0, 0.05) is 37.8 Å².